The third kappa shape index (κ3) is 3.55. The molecule has 1 aromatic heterocycles. The molecule has 1 aliphatic rings. The molecule has 0 spiro atoms. The zero-order chi connectivity index (χ0) is 14.7. The van der Waals surface area contributed by atoms with Crippen LogP contribution >= 0.6 is 11.6 Å². The normalized spacial score (nSPS) is 16.2. The minimum atomic E-state index is 0.568. The van der Waals surface area contributed by atoms with Gasteiger partial charge in [-0.3, -0.25) is 4.90 Å². The predicted molar refractivity (Wildman–Crippen MR) is 87.9 cm³/mol. The maximum atomic E-state index is 5.93. The topological polar surface area (TPSA) is 19.4 Å². The first-order chi connectivity index (χ1) is 10.2. The molecule has 3 nitrogen and oxygen atoms in total. The molecule has 1 saturated heterocycles. The summed E-state index contributed by atoms with van der Waals surface area (Å²) in [6.45, 7) is 7.30. The van der Waals surface area contributed by atoms with Crippen LogP contribution in [-0.2, 0) is 6.54 Å². The second-order valence-electron chi connectivity index (χ2n) is 5.49. The van der Waals surface area contributed by atoms with Gasteiger partial charge in [0.15, 0.2) is 0 Å². The lowest BCUT2D eigenvalue weighted by molar-refractivity contribution is 0.249. The molecule has 0 N–H and O–H groups in total. The van der Waals surface area contributed by atoms with Crippen LogP contribution in [0.3, 0.4) is 0 Å². The number of benzene rings is 1. The molecule has 0 aliphatic carbocycles. The second kappa shape index (κ2) is 6.46. The maximum Gasteiger partial charge on any atom is 0.129 e. The number of pyridine rings is 1. The number of rotatable bonds is 3. The number of nitrogens with zero attached hydrogens (tertiary/aromatic N) is 3. The van der Waals surface area contributed by atoms with E-state index in [9.17, 15) is 0 Å². The maximum absolute atomic E-state index is 5.93. The highest BCUT2D eigenvalue weighted by atomic mass is 35.5. The van der Waals surface area contributed by atoms with Crippen molar-refractivity contribution in [2.45, 2.75) is 13.5 Å². The van der Waals surface area contributed by atoms with Gasteiger partial charge in [0.2, 0.25) is 0 Å². The molecular weight excluding hydrogens is 282 g/mol. The Bertz CT molecular complexity index is 592. The quantitative estimate of drug-likeness (QED) is 0.810. The highest BCUT2D eigenvalue weighted by Gasteiger charge is 2.18. The van der Waals surface area contributed by atoms with Gasteiger partial charge in [-0.1, -0.05) is 41.9 Å². The monoisotopic (exact) mass is 301 g/mol. The van der Waals surface area contributed by atoms with Gasteiger partial charge in [-0.2, -0.15) is 0 Å². The Balaban J connectivity index is 1.60. The molecule has 3 rings (SSSR count). The molecule has 0 atom stereocenters. The van der Waals surface area contributed by atoms with E-state index in [0.717, 1.165) is 38.4 Å². The standard InChI is InChI=1S/C17H20ClN3/c1-14-16(7-8-17(18)19-14)21-11-9-20(10-12-21)13-15-5-3-2-4-6-15/h2-8H,9-13H2,1H3. The van der Waals surface area contributed by atoms with Crippen molar-refractivity contribution in [3.05, 3.63) is 58.9 Å². The number of aromatic nitrogens is 1. The van der Waals surface area contributed by atoms with Crippen LogP contribution < -0.4 is 4.90 Å². The van der Waals surface area contributed by atoms with Crippen molar-refractivity contribution < 1.29 is 0 Å². The number of hydrogen-bond acceptors (Lipinski definition) is 3. The van der Waals surface area contributed by atoms with Crippen LogP contribution in [-0.4, -0.2) is 36.1 Å². The van der Waals surface area contributed by atoms with Gasteiger partial charge in [-0.05, 0) is 24.6 Å². The molecule has 1 fully saturated rings. The number of halogens is 1. The van der Waals surface area contributed by atoms with Crippen molar-refractivity contribution in [1.29, 1.82) is 0 Å². The summed E-state index contributed by atoms with van der Waals surface area (Å²) in [7, 11) is 0. The Kier molecular flexibility index (Phi) is 4.42. The Labute approximate surface area is 131 Å². The van der Waals surface area contributed by atoms with Crippen LogP contribution in [0.4, 0.5) is 5.69 Å². The lowest BCUT2D eigenvalue weighted by atomic mass is 10.2. The summed E-state index contributed by atoms with van der Waals surface area (Å²) >= 11 is 5.93. The Morgan fingerprint density at radius 3 is 2.38 bits per heavy atom. The number of hydrogen-bond donors (Lipinski definition) is 0. The minimum absolute atomic E-state index is 0.568. The fourth-order valence-corrected chi connectivity index (χ4v) is 3.04. The molecule has 21 heavy (non-hydrogen) atoms. The van der Waals surface area contributed by atoms with E-state index in [1.54, 1.807) is 0 Å². The van der Waals surface area contributed by atoms with Crippen molar-refractivity contribution in [2.75, 3.05) is 31.1 Å². The largest absolute Gasteiger partial charge is 0.368 e. The fraction of sp³-hybridized carbons (Fsp3) is 0.353. The molecule has 0 radical (unpaired) electrons. The van der Waals surface area contributed by atoms with Crippen molar-refractivity contribution >= 4 is 17.3 Å². The van der Waals surface area contributed by atoms with Gasteiger partial charge in [-0.15, -0.1) is 0 Å². The summed E-state index contributed by atoms with van der Waals surface area (Å²) in [6.07, 6.45) is 0. The molecule has 2 heterocycles. The third-order valence-corrected chi connectivity index (χ3v) is 4.20. The average Bonchev–Trinajstić information content (AvgIpc) is 2.49. The van der Waals surface area contributed by atoms with E-state index in [0.29, 0.717) is 5.15 Å². The van der Waals surface area contributed by atoms with E-state index in [1.807, 2.05) is 13.0 Å². The molecule has 110 valence electrons. The third-order valence-electron chi connectivity index (χ3n) is 3.99. The average molecular weight is 302 g/mol. The molecule has 1 aromatic carbocycles. The zero-order valence-electron chi connectivity index (χ0n) is 12.3. The molecule has 0 bridgehead atoms. The van der Waals surface area contributed by atoms with Gasteiger partial charge < -0.3 is 4.90 Å². The Morgan fingerprint density at radius 1 is 1.00 bits per heavy atom. The van der Waals surface area contributed by atoms with E-state index >= 15 is 0 Å². The molecular formula is C17H20ClN3. The van der Waals surface area contributed by atoms with Crippen LogP contribution in [0.1, 0.15) is 11.3 Å². The van der Waals surface area contributed by atoms with Crippen molar-refractivity contribution in [3.8, 4) is 0 Å². The van der Waals surface area contributed by atoms with Gasteiger partial charge in [0.1, 0.15) is 5.15 Å². The van der Waals surface area contributed by atoms with Crippen LogP contribution in [0.5, 0.6) is 0 Å². The molecule has 0 saturated carbocycles. The Morgan fingerprint density at radius 2 is 1.71 bits per heavy atom. The van der Waals surface area contributed by atoms with Crippen LogP contribution in [0.2, 0.25) is 5.15 Å². The zero-order valence-corrected chi connectivity index (χ0v) is 13.1. The van der Waals surface area contributed by atoms with Gasteiger partial charge in [0.05, 0.1) is 11.4 Å². The molecule has 4 heteroatoms. The second-order valence-corrected chi connectivity index (χ2v) is 5.87. The molecule has 0 unspecified atom stereocenters. The summed E-state index contributed by atoms with van der Waals surface area (Å²) < 4.78 is 0. The van der Waals surface area contributed by atoms with Crippen molar-refractivity contribution in [2.24, 2.45) is 0 Å². The molecule has 1 aliphatic heterocycles. The summed E-state index contributed by atoms with van der Waals surface area (Å²) in [6, 6.07) is 14.6. The first-order valence-corrected chi connectivity index (χ1v) is 7.74. The summed E-state index contributed by atoms with van der Waals surface area (Å²) in [5.41, 5.74) is 3.60. The smallest absolute Gasteiger partial charge is 0.129 e. The highest BCUT2D eigenvalue weighted by molar-refractivity contribution is 6.29. The number of anilines is 1. The molecule has 0 amide bonds. The highest BCUT2D eigenvalue weighted by Crippen LogP contribution is 2.22. The SMILES string of the molecule is Cc1nc(Cl)ccc1N1CCN(Cc2ccccc2)CC1. The van der Waals surface area contributed by atoms with E-state index in [2.05, 4.69) is 51.2 Å². The van der Waals surface area contributed by atoms with Gasteiger partial charge in [-0.25, -0.2) is 4.98 Å². The first kappa shape index (κ1) is 14.4. The van der Waals surface area contributed by atoms with Crippen LogP contribution in [0, 0.1) is 6.92 Å². The van der Waals surface area contributed by atoms with Crippen molar-refractivity contribution in [1.82, 2.24) is 9.88 Å². The lowest BCUT2D eigenvalue weighted by Gasteiger charge is -2.36. The number of piperazine rings is 1. The van der Waals surface area contributed by atoms with E-state index in [-0.39, 0.29) is 0 Å². The van der Waals surface area contributed by atoms with E-state index < -0.39 is 0 Å². The van der Waals surface area contributed by atoms with E-state index in [4.69, 9.17) is 11.6 Å². The first-order valence-electron chi connectivity index (χ1n) is 7.37. The lowest BCUT2D eigenvalue weighted by Crippen LogP contribution is -2.46. The van der Waals surface area contributed by atoms with Crippen LogP contribution in [0.25, 0.3) is 0 Å². The minimum Gasteiger partial charge on any atom is -0.368 e. The van der Waals surface area contributed by atoms with Gasteiger partial charge >= 0.3 is 0 Å². The summed E-state index contributed by atoms with van der Waals surface area (Å²) in [4.78, 5) is 9.25. The number of aryl methyl sites for hydroxylation is 1. The predicted octanol–water partition coefficient (Wildman–Crippen LogP) is 3.37. The summed E-state index contributed by atoms with van der Waals surface area (Å²) in [5.74, 6) is 0. The van der Waals surface area contributed by atoms with Crippen molar-refractivity contribution in [3.63, 3.8) is 0 Å². The fourth-order valence-electron chi connectivity index (χ4n) is 2.85. The Hall–Kier alpha value is -1.58. The van der Waals surface area contributed by atoms with Gasteiger partial charge in [0.25, 0.3) is 0 Å². The van der Waals surface area contributed by atoms with Gasteiger partial charge in [0, 0.05) is 32.7 Å². The molecule has 2 aromatic rings. The van der Waals surface area contributed by atoms with E-state index in [1.165, 1.54) is 11.3 Å². The summed E-state index contributed by atoms with van der Waals surface area (Å²) in [5, 5.41) is 0.568. The van der Waals surface area contributed by atoms with Crippen LogP contribution in [0.15, 0.2) is 42.5 Å².